The maximum absolute atomic E-state index is 11.9. The van der Waals surface area contributed by atoms with Crippen LogP contribution in [-0.2, 0) is 4.79 Å². The number of nitrogens with one attached hydrogen (secondary N) is 2. The lowest BCUT2D eigenvalue weighted by Gasteiger charge is -2.29. The molecule has 1 aromatic carbocycles. The van der Waals surface area contributed by atoms with E-state index in [0.717, 1.165) is 24.2 Å². The first-order valence-electron chi connectivity index (χ1n) is 7.60. The Bertz CT molecular complexity index is 565. The number of piperidine rings is 1. The minimum atomic E-state index is -0.321. The summed E-state index contributed by atoms with van der Waals surface area (Å²) in [6.07, 6.45) is 4.03. The summed E-state index contributed by atoms with van der Waals surface area (Å²) in [5.41, 5.74) is 3.24. The van der Waals surface area contributed by atoms with Crippen molar-refractivity contribution in [2.75, 3.05) is 18.0 Å². The monoisotopic (exact) mass is 287 g/mol. The second kappa shape index (κ2) is 5.85. The Balaban J connectivity index is 1.81. The average Bonchev–Trinajstić information content (AvgIpc) is 2.49. The molecule has 0 spiro atoms. The van der Waals surface area contributed by atoms with Crippen LogP contribution in [0.25, 0.3) is 0 Å². The summed E-state index contributed by atoms with van der Waals surface area (Å²) in [4.78, 5) is 24.8. The maximum atomic E-state index is 11.9. The minimum Gasteiger partial charge on any atom is -0.310 e. The van der Waals surface area contributed by atoms with Crippen molar-refractivity contribution in [3.63, 3.8) is 0 Å². The first-order chi connectivity index (χ1) is 10.1. The van der Waals surface area contributed by atoms with Gasteiger partial charge in [-0.3, -0.25) is 15.0 Å². The van der Waals surface area contributed by atoms with Gasteiger partial charge in [-0.2, -0.15) is 0 Å². The number of benzene rings is 1. The minimum absolute atomic E-state index is 0.197. The van der Waals surface area contributed by atoms with Gasteiger partial charge in [0.25, 0.3) is 0 Å². The molecule has 3 rings (SSSR count). The number of imide groups is 1. The summed E-state index contributed by atoms with van der Waals surface area (Å²) in [7, 11) is 0. The van der Waals surface area contributed by atoms with Gasteiger partial charge >= 0.3 is 6.03 Å². The molecule has 1 unspecified atom stereocenters. The van der Waals surface area contributed by atoms with Crippen LogP contribution in [0.1, 0.15) is 42.9 Å². The topological polar surface area (TPSA) is 61.4 Å². The second-order valence-corrected chi connectivity index (χ2v) is 5.80. The molecule has 3 amide bonds. The van der Waals surface area contributed by atoms with Gasteiger partial charge in [0.15, 0.2) is 0 Å². The van der Waals surface area contributed by atoms with Gasteiger partial charge < -0.3 is 5.32 Å². The van der Waals surface area contributed by atoms with Crippen LogP contribution in [0.2, 0.25) is 0 Å². The number of nitrogens with zero attached hydrogens (tertiary/aromatic N) is 1. The molecule has 1 atom stereocenters. The van der Waals surface area contributed by atoms with Crippen molar-refractivity contribution < 1.29 is 9.59 Å². The highest BCUT2D eigenvalue weighted by atomic mass is 16.2. The van der Waals surface area contributed by atoms with E-state index >= 15 is 0 Å². The lowest BCUT2D eigenvalue weighted by Crippen LogP contribution is -2.49. The van der Waals surface area contributed by atoms with Gasteiger partial charge in [-0.1, -0.05) is 18.6 Å². The highest BCUT2D eigenvalue weighted by Crippen LogP contribution is 2.28. The Hall–Kier alpha value is -1.88. The van der Waals surface area contributed by atoms with E-state index in [1.807, 2.05) is 13.0 Å². The van der Waals surface area contributed by atoms with Gasteiger partial charge in [-0.25, -0.2) is 4.79 Å². The van der Waals surface area contributed by atoms with Crippen LogP contribution in [0, 0.1) is 6.92 Å². The van der Waals surface area contributed by atoms with E-state index in [1.165, 1.54) is 18.4 Å². The van der Waals surface area contributed by atoms with Gasteiger partial charge in [-0.05, 0) is 43.5 Å². The fraction of sp³-hybridized carbons (Fsp3) is 0.500. The predicted octanol–water partition coefficient (Wildman–Crippen LogP) is 2.26. The fourth-order valence-corrected chi connectivity index (χ4v) is 3.13. The van der Waals surface area contributed by atoms with Gasteiger partial charge in [0.2, 0.25) is 5.91 Å². The molecule has 2 aliphatic rings. The van der Waals surface area contributed by atoms with Crippen LogP contribution in [0.3, 0.4) is 0 Å². The smallest absolute Gasteiger partial charge is 0.310 e. The van der Waals surface area contributed by atoms with Crippen molar-refractivity contribution in [3.8, 4) is 0 Å². The molecule has 5 heteroatoms. The summed E-state index contributed by atoms with van der Waals surface area (Å²) < 4.78 is 0. The molecule has 2 fully saturated rings. The molecule has 5 nitrogen and oxygen atoms in total. The van der Waals surface area contributed by atoms with Crippen LogP contribution < -0.4 is 15.5 Å². The van der Waals surface area contributed by atoms with E-state index in [2.05, 4.69) is 22.8 Å². The van der Waals surface area contributed by atoms with Gasteiger partial charge in [0, 0.05) is 24.7 Å². The molecule has 112 valence electrons. The standard InChI is InChI=1S/C16H21N3O2/c1-11-10-12(13-4-2-3-8-17-13)5-6-14(11)19-9-7-15(20)18-16(19)21/h5-6,10,13,17H,2-4,7-9H2,1H3,(H,18,20,21). The number of urea groups is 1. The molecule has 0 radical (unpaired) electrons. The summed E-state index contributed by atoms with van der Waals surface area (Å²) in [5.74, 6) is -0.197. The zero-order valence-corrected chi connectivity index (χ0v) is 12.3. The molecular weight excluding hydrogens is 266 g/mol. The lowest BCUT2D eigenvalue weighted by molar-refractivity contribution is -0.120. The van der Waals surface area contributed by atoms with Gasteiger partial charge in [-0.15, -0.1) is 0 Å². The van der Waals surface area contributed by atoms with Crippen molar-refractivity contribution in [1.29, 1.82) is 0 Å². The van der Waals surface area contributed by atoms with E-state index < -0.39 is 0 Å². The maximum Gasteiger partial charge on any atom is 0.328 e. The van der Waals surface area contributed by atoms with E-state index in [1.54, 1.807) is 4.90 Å². The predicted molar refractivity (Wildman–Crippen MR) is 81.3 cm³/mol. The number of carbonyl (C=O) groups excluding carboxylic acids is 2. The highest BCUT2D eigenvalue weighted by Gasteiger charge is 2.25. The van der Waals surface area contributed by atoms with Crippen molar-refractivity contribution >= 4 is 17.6 Å². The van der Waals surface area contributed by atoms with Crippen LogP contribution in [0.15, 0.2) is 18.2 Å². The normalized spacial score (nSPS) is 23.1. The number of rotatable bonds is 2. The van der Waals surface area contributed by atoms with Crippen LogP contribution in [0.4, 0.5) is 10.5 Å². The number of carbonyl (C=O) groups is 2. The van der Waals surface area contributed by atoms with Crippen LogP contribution in [-0.4, -0.2) is 25.0 Å². The Labute approximate surface area is 124 Å². The molecule has 0 aromatic heterocycles. The Morgan fingerprint density at radius 1 is 1.24 bits per heavy atom. The molecule has 0 bridgehead atoms. The molecule has 0 aliphatic carbocycles. The molecule has 1 aromatic rings. The third-order valence-electron chi connectivity index (χ3n) is 4.28. The molecule has 2 N–H and O–H groups in total. The first-order valence-corrected chi connectivity index (χ1v) is 7.60. The zero-order valence-electron chi connectivity index (χ0n) is 12.3. The SMILES string of the molecule is Cc1cc(C2CCCCN2)ccc1N1CCC(=O)NC1=O. The van der Waals surface area contributed by atoms with E-state index in [0.29, 0.717) is 19.0 Å². The zero-order chi connectivity index (χ0) is 14.8. The van der Waals surface area contributed by atoms with E-state index in [4.69, 9.17) is 0 Å². The number of anilines is 1. The highest BCUT2D eigenvalue weighted by molar-refractivity contribution is 6.05. The summed E-state index contributed by atoms with van der Waals surface area (Å²) >= 11 is 0. The van der Waals surface area contributed by atoms with Crippen molar-refractivity contribution in [2.24, 2.45) is 0 Å². The largest absolute Gasteiger partial charge is 0.328 e. The number of hydrogen-bond acceptors (Lipinski definition) is 3. The van der Waals surface area contributed by atoms with E-state index in [9.17, 15) is 9.59 Å². The Kier molecular flexibility index (Phi) is 3.92. The fourth-order valence-electron chi connectivity index (χ4n) is 3.13. The van der Waals surface area contributed by atoms with Gasteiger partial charge in [0.05, 0.1) is 0 Å². The number of amides is 3. The van der Waals surface area contributed by atoms with Gasteiger partial charge in [0.1, 0.15) is 0 Å². The molecule has 2 aliphatic heterocycles. The molecule has 21 heavy (non-hydrogen) atoms. The number of hydrogen-bond donors (Lipinski definition) is 2. The summed E-state index contributed by atoms with van der Waals surface area (Å²) in [5, 5.41) is 5.91. The van der Waals surface area contributed by atoms with Crippen molar-refractivity contribution in [2.45, 2.75) is 38.6 Å². The Morgan fingerprint density at radius 2 is 2.10 bits per heavy atom. The molecular formula is C16H21N3O2. The lowest BCUT2D eigenvalue weighted by atomic mass is 9.95. The third kappa shape index (κ3) is 2.93. The first kappa shape index (κ1) is 14.1. The summed E-state index contributed by atoms with van der Waals surface area (Å²) in [6, 6.07) is 6.34. The van der Waals surface area contributed by atoms with Crippen LogP contribution >= 0.6 is 0 Å². The average molecular weight is 287 g/mol. The summed E-state index contributed by atoms with van der Waals surface area (Å²) in [6.45, 7) is 3.54. The van der Waals surface area contributed by atoms with Crippen molar-refractivity contribution in [3.05, 3.63) is 29.3 Å². The van der Waals surface area contributed by atoms with Crippen molar-refractivity contribution in [1.82, 2.24) is 10.6 Å². The van der Waals surface area contributed by atoms with E-state index in [-0.39, 0.29) is 11.9 Å². The third-order valence-corrected chi connectivity index (χ3v) is 4.28. The second-order valence-electron chi connectivity index (χ2n) is 5.80. The molecule has 2 heterocycles. The molecule has 2 saturated heterocycles. The molecule has 0 saturated carbocycles. The number of aryl methyl sites for hydroxylation is 1. The Morgan fingerprint density at radius 3 is 2.76 bits per heavy atom. The van der Waals surface area contributed by atoms with Crippen LogP contribution in [0.5, 0.6) is 0 Å². The quantitative estimate of drug-likeness (QED) is 0.877.